The molecule has 0 fully saturated rings. The number of esters is 1. The first-order valence-electron chi connectivity index (χ1n) is 7.87. The van der Waals surface area contributed by atoms with Gasteiger partial charge in [0.05, 0.1) is 19.3 Å². The van der Waals surface area contributed by atoms with Crippen LogP contribution in [0.15, 0.2) is 18.2 Å². The second kappa shape index (κ2) is 10.5. The summed E-state index contributed by atoms with van der Waals surface area (Å²) in [6, 6.07) is 4.75. The van der Waals surface area contributed by atoms with Gasteiger partial charge in [-0.2, -0.15) is 0 Å². The molecule has 0 unspecified atom stereocenters. The molecule has 0 aliphatic heterocycles. The summed E-state index contributed by atoms with van der Waals surface area (Å²) in [7, 11) is 1.53. The van der Waals surface area contributed by atoms with E-state index in [0.29, 0.717) is 30.2 Å². The van der Waals surface area contributed by atoms with Gasteiger partial charge in [0.2, 0.25) is 0 Å². The smallest absolute Gasteiger partial charge is 0.338 e. The van der Waals surface area contributed by atoms with E-state index in [9.17, 15) is 9.59 Å². The lowest BCUT2D eigenvalue weighted by atomic mass is 10.2. The zero-order valence-electron chi connectivity index (χ0n) is 14.0. The molecule has 6 nitrogen and oxygen atoms in total. The molecule has 0 bridgehead atoms. The van der Waals surface area contributed by atoms with Gasteiger partial charge >= 0.3 is 5.97 Å². The van der Waals surface area contributed by atoms with E-state index in [0.717, 1.165) is 19.3 Å². The molecule has 23 heavy (non-hydrogen) atoms. The van der Waals surface area contributed by atoms with Crippen molar-refractivity contribution in [1.29, 1.82) is 0 Å². The van der Waals surface area contributed by atoms with Crippen LogP contribution in [0.3, 0.4) is 0 Å². The van der Waals surface area contributed by atoms with Gasteiger partial charge in [-0.05, 0) is 31.5 Å². The Kier molecular flexibility index (Phi) is 8.57. The number of carbonyl (C=O) groups excluding carboxylic acids is 2. The van der Waals surface area contributed by atoms with Crippen molar-refractivity contribution in [3.8, 4) is 11.5 Å². The molecule has 0 atom stereocenters. The number of hydrogen-bond acceptors (Lipinski definition) is 5. The van der Waals surface area contributed by atoms with Crippen LogP contribution in [-0.4, -0.2) is 38.7 Å². The lowest BCUT2D eigenvalue weighted by Gasteiger charge is -2.11. The van der Waals surface area contributed by atoms with Crippen LogP contribution in [-0.2, 0) is 9.53 Å². The Morgan fingerprint density at radius 1 is 1.13 bits per heavy atom. The molecular formula is C17H25NO5. The van der Waals surface area contributed by atoms with E-state index < -0.39 is 5.97 Å². The van der Waals surface area contributed by atoms with Gasteiger partial charge in [0.15, 0.2) is 18.1 Å². The van der Waals surface area contributed by atoms with Crippen molar-refractivity contribution in [3.63, 3.8) is 0 Å². The van der Waals surface area contributed by atoms with Gasteiger partial charge in [0.1, 0.15) is 0 Å². The van der Waals surface area contributed by atoms with Crippen LogP contribution in [0.4, 0.5) is 0 Å². The molecule has 0 aliphatic carbocycles. The number of amides is 1. The number of nitrogens with one attached hydrogen (secondary N) is 1. The molecule has 1 N–H and O–H groups in total. The van der Waals surface area contributed by atoms with Gasteiger partial charge in [-0.3, -0.25) is 4.79 Å². The summed E-state index contributed by atoms with van der Waals surface area (Å²) in [5, 5.41) is 2.71. The van der Waals surface area contributed by atoms with Crippen LogP contribution in [0.25, 0.3) is 0 Å². The van der Waals surface area contributed by atoms with Crippen molar-refractivity contribution >= 4 is 11.9 Å². The first kappa shape index (κ1) is 18.8. The summed E-state index contributed by atoms with van der Waals surface area (Å²) in [5.41, 5.74) is 0.313. The topological polar surface area (TPSA) is 73.9 Å². The minimum Gasteiger partial charge on any atom is -0.493 e. The monoisotopic (exact) mass is 323 g/mol. The summed E-state index contributed by atoms with van der Waals surface area (Å²) < 4.78 is 15.6. The van der Waals surface area contributed by atoms with Crippen LogP contribution in [0.2, 0.25) is 0 Å². The lowest BCUT2D eigenvalue weighted by molar-refractivity contribution is -0.124. The largest absolute Gasteiger partial charge is 0.493 e. The van der Waals surface area contributed by atoms with Crippen LogP contribution >= 0.6 is 0 Å². The fourth-order valence-corrected chi connectivity index (χ4v) is 1.94. The van der Waals surface area contributed by atoms with Gasteiger partial charge in [0.25, 0.3) is 5.91 Å². The van der Waals surface area contributed by atoms with E-state index in [1.54, 1.807) is 18.2 Å². The van der Waals surface area contributed by atoms with Gasteiger partial charge in [-0.1, -0.05) is 19.8 Å². The summed E-state index contributed by atoms with van der Waals surface area (Å²) in [5.74, 6) is 0.135. The third kappa shape index (κ3) is 6.59. The van der Waals surface area contributed by atoms with E-state index in [2.05, 4.69) is 12.2 Å². The number of carbonyl (C=O) groups is 2. The highest BCUT2D eigenvalue weighted by molar-refractivity contribution is 5.92. The molecule has 0 saturated carbocycles. The molecule has 1 aromatic carbocycles. The molecule has 0 aromatic heterocycles. The molecule has 0 radical (unpaired) electrons. The van der Waals surface area contributed by atoms with E-state index >= 15 is 0 Å². The van der Waals surface area contributed by atoms with Crippen molar-refractivity contribution < 1.29 is 23.8 Å². The molecule has 128 valence electrons. The van der Waals surface area contributed by atoms with Crippen LogP contribution < -0.4 is 14.8 Å². The van der Waals surface area contributed by atoms with Crippen molar-refractivity contribution in [1.82, 2.24) is 5.32 Å². The molecule has 1 amide bonds. The first-order valence-corrected chi connectivity index (χ1v) is 7.87. The predicted octanol–water partition coefficient (Wildman–Crippen LogP) is 2.56. The third-order valence-electron chi connectivity index (χ3n) is 3.14. The Morgan fingerprint density at radius 3 is 2.57 bits per heavy atom. The fourth-order valence-electron chi connectivity index (χ4n) is 1.94. The standard InChI is InChI=1S/C17H25NO5/c1-4-6-7-10-18-16(19)12-23-17(20)13-8-9-14(21-3)15(11-13)22-5-2/h8-9,11H,4-7,10,12H2,1-3H3,(H,18,19). The predicted molar refractivity (Wildman–Crippen MR) is 87.0 cm³/mol. The highest BCUT2D eigenvalue weighted by Gasteiger charge is 2.13. The van der Waals surface area contributed by atoms with Crippen molar-refractivity contribution in [2.45, 2.75) is 33.1 Å². The average Bonchev–Trinajstić information content (AvgIpc) is 2.56. The summed E-state index contributed by atoms with van der Waals surface area (Å²) in [4.78, 5) is 23.6. The zero-order chi connectivity index (χ0) is 17.1. The molecule has 0 saturated heterocycles. The maximum Gasteiger partial charge on any atom is 0.338 e. The second-order valence-electron chi connectivity index (χ2n) is 4.93. The Bertz CT molecular complexity index is 516. The van der Waals surface area contributed by atoms with Gasteiger partial charge in [-0.15, -0.1) is 0 Å². The van der Waals surface area contributed by atoms with Crippen molar-refractivity contribution in [2.24, 2.45) is 0 Å². The fraction of sp³-hybridized carbons (Fsp3) is 0.529. The quantitative estimate of drug-likeness (QED) is 0.529. The Balaban J connectivity index is 2.51. The number of ether oxygens (including phenoxy) is 3. The number of hydrogen-bond donors (Lipinski definition) is 1. The molecule has 0 spiro atoms. The first-order chi connectivity index (χ1) is 11.1. The SMILES string of the molecule is CCCCCNC(=O)COC(=O)c1ccc(OC)c(OCC)c1. The van der Waals surface area contributed by atoms with Crippen LogP contribution in [0, 0.1) is 0 Å². The lowest BCUT2D eigenvalue weighted by Crippen LogP contribution is -2.29. The van der Waals surface area contributed by atoms with Gasteiger partial charge < -0.3 is 19.5 Å². The maximum absolute atomic E-state index is 12.0. The maximum atomic E-state index is 12.0. The van der Waals surface area contributed by atoms with Crippen LogP contribution in [0.5, 0.6) is 11.5 Å². The minimum absolute atomic E-state index is 0.291. The van der Waals surface area contributed by atoms with E-state index in [1.807, 2.05) is 6.92 Å². The Hall–Kier alpha value is -2.24. The molecule has 0 aliphatic rings. The Morgan fingerprint density at radius 2 is 1.91 bits per heavy atom. The molecule has 1 rings (SSSR count). The van der Waals surface area contributed by atoms with Gasteiger partial charge in [0, 0.05) is 6.54 Å². The molecule has 1 aromatic rings. The molecule has 6 heteroatoms. The number of benzene rings is 1. The van der Waals surface area contributed by atoms with Crippen molar-refractivity contribution in [2.75, 3.05) is 26.9 Å². The van der Waals surface area contributed by atoms with E-state index in [1.165, 1.54) is 7.11 Å². The number of rotatable bonds is 10. The second-order valence-corrected chi connectivity index (χ2v) is 4.93. The average molecular weight is 323 g/mol. The number of unbranched alkanes of at least 4 members (excludes halogenated alkanes) is 2. The summed E-state index contributed by atoms with van der Waals surface area (Å²) in [6.07, 6.45) is 3.07. The Labute approximate surface area is 137 Å². The van der Waals surface area contributed by atoms with Crippen molar-refractivity contribution in [3.05, 3.63) is 23.8 Å². The van der Waals surface area contributed by atoms with Gasteiger partial charge in [-0.25, -0.2) is 4.79 Å². The summed E-state index contributed by atoms with van der Waals surface area (Å²) in [6.45, 7) is 4.69. The van der Waals surface area contributed by atoms with E-state index in [4.69, 9.17) is 14.2 Å². The van der Waals surface area contributed by atoms with Crippen LogP contribution in [0.1, 0.15) is 43.5 Å². The van der Waals surface area contributed by atoms with E-state index in [-0.39, 0.29) is 12.5 Å². The minimum atomic E-state index is -0.572. The third-order valence-corrected chi connectivity index (χ3v) is 3.14. The normalized spacial score (nSPS) is 10.0. The molecular weight excluding hydrogens is 298 g/mol. The highest BCUT2D eigenvalue weighted by atomic mass is 16.5. The highest BCUT2D eigenvalue weighted by Crippen LogP contribution is 2.28. The number of methoxy groups -OCH3 is 1. The molecule has 0 heterocycles. The summed E-state index contributed by atoms with van der Waals surface area (Å²) >= 11 is 0. The zero-order valence-corrected chi connectivity index (χ0v) is 14.0.